The predicted molar refractivity (Wildman–Crippen MR) is 53.3 cm³/mol. The Morgan fingerprint density at radius 2 is 2.38 bits per heavy atom. The van der Waals surface area contributed by atoms with Crippen molar-refractivity contribution >= 4 is 21.8 Å². The van der Waals surface area contributed by atoms with Crippen molar-refractivity contribution in [3.05, 3.63) is 22.6 Å². The summed E-state index contributed by atoms with van der Waals surface area (Å²) in [6.45, 7) is 0. The normalized spacial score (nSPS) is 17.5. The Balaban J connectivity index is 2.20. The molecule has 13 heavy (non-hydrogen) atoms. The van der Waals surface area contributed by atoms with Gasteiger partial charge in [0.05, 0.1) is 6.04 Å². The maximum atomic E-state index is 5.33. The van der Waals surface area contributed by atoms with E-state index in [-0.39, 0.29) is 0 Å². The lowest BCUT2D eigenvalue weighted by Crippen LogP contribution is -2.31. The lowest BCUT2D eigenvalue weighted by Gasteiger charge is -2.00. The average Bonchev–Trinajstić information content (AvgIpc) is 2.84. The van der Waals surface area contributed by atoms with E-state index in [1.54, 1.807) is 0 Å². The van der Waals surface area contributed by atoms with Crippen LogP contribution in [-0.2, 0) is 0 Å². The zero-order valence-electron chi connectivity index (χ0n) is 6.96. The Morgan fingerprint density at radius 1 is 1.62 bits per heavy atom. The molecule has 0 radical (unpaired) electrons. The molecular weight excluding hydrogens is 234 g/mol. The largest absolute Gasteiger partial charge is 0.446 e. The van der Waals surface area contributed by atoms with Gasteiger partial charge < -0.3 is 9.84 Å². The number of aliphatic imine (C=N–C) groups is 1. The van der Waals surface area contributed by atoms with E-state index in [4.69, 9.17) is 10.3 Å². The first kappa shape index (κ1) is 8.77. The van der Waals surface area contributed by atoms with Gasteiger partial charge in [0.15, 0.2) is 16.3 Å². The molecule has 0 bridgehead atoms. The van der Waals surface area contributed by atoms with E-state index in [9.17, 15) is 0 Å². The van der Waals surface area contributed by atoms with E-state index in [0.717, 1.165) is 12.8 Å². The van der Waals surface area contributed by atoms with Crippen molar-refractivity contribution in [2.24, 2.45) is 10.8 Å². The molecule has 1 aromatic rings. The van der Waals surface area contributed by atoms with Crippen molar-refractivity contribution in [1.29, 1.82) is 0 Å². The third-order valence-electron chi connectivity index (χ3n) is 1.80. The SMILES string of the molecule is NNC(=NC1CC1)c1ccc(Br)o1. The summed E-state index contributed by atoms with van der Waals surface area (Å²) >= 11 is 3.22. The van der Waals surface area contributed by atoms with Gasteiger partial charge in [-0.1, -0.05) is 0 Å². The fourth-order valence-electron chi connectivity index (χ4n) is 1.000. The molecule has 0 atom stereocenters. The highest BCUT2D eigenvalue weighted by Crippen LogP contribution is 2.24. The van der Waals surface area contributed by atoms with Gasteiger partial charge in [-0.05, 0) is 40.9 Å². The minimum atomic E-state index is 0.426. The first-order chi connectivity index (χ1) is 6.29. The molecule has 70 valence electrons. The topological polar surface area (TPSA) is 63.5 Å². The van der Waals surface area contributed by atoms with Crippen molar-refractivity contribution in [3.8, 4) is 0 Å². The van der Waals surface area contributed by atoms with Gasteiger partial charge in [0.25, 0.3) is 0 Å². The van der Waals surface area contributed by atoms with Crippen molar-refractivity contribution in [2.75, 3.05) is 0 Å². The number of hydrazine groups is 1. The van der Waals surface area contributed by atoms with Crippen LogP contribution in [0.4, 0.5) is 0 Å². The monoisotopic (exact) mass is 243 g/mol. The number of hydrogen-bond acceptors (Lipinski definition) is 3. The van der Waals surface area contributed by atoms with Gasteiger partial charge in [-0.15, -0.1) is 0 Å². The molecule has 0 unspecified atom stereocenters. The summed E-state index contributed by atoms with van der Waals surface area (Å²) in [5.41, 5.74) is 2.54. The second kappa shape index (κ2) is 3.51. The smallest absolute Gasteiger partial charge is 0.179 e. The van der Waals surface area contributed by atoms with E-state index in [1.165, 1.54) is 0 Å². The number of nitrogens with two attached hydrogens (primary N) is 1. The van der Waals surface area contributed by atoms with Gasteiger partial charge in [-0.3, -0.25) is 4.99 Å². The molecule has 1 aromatic heterocycles. The van der Waals surface area contributed by atoms with Crippen LogP contribution in [0.15, 0.2) is 26.2 Å². The Labute approximate surface area is 84.3 Å². The quantitative estimate of drug-likeness (QED) is 0.358. The molecule has 3 N–H and O–H groups in total. The van der Waals surface area contributed by atoms with Crippen LogP contribution in [0.5, 0.6) is 0 Å². The number of hydrogen-bond donors (Lipinski definition) is 2. The van der Waals surface area contributed by atoms with Crippen LogP contribution >= 0.6 is 15.9 Å². The highest BCUT2D eigenvalue weighted by molar-refractivity contribution is 9.10. The Morgan fingerprint density at radius 3 is 2.85 bits per heavy atom. The molecule has 0 aliphatic heterocycles. The maximum Gasteiger partial charge on any atom is 0.179 e. The zero-order chi connectivity index (χ0) is 9.26. The fourth-order valence-corrected chi connectivity index (χ4v) is 1.31. The minimum Gasteiger partial charge on any atom is -0.446 e. The van der Waals surface area contributed by atoms with Gasteiger partial charge >= 0.3 is 0 Å². The minimum absolute atomic E-state index is 0.426. The molecule has 2 rings (SSSR count). The standard InChI is InChI=1S/C8H10BrN3O/c9-7-4-3-6(13-7)8(12-10)11-5-1-2-5/h3-5H,1-2,10H2,(H,11,12). The van der Waals surface area contributed by atoms with E-state index < -0.39 is 0 Å². The zero-order valence-corrected chi connectivity index (χ0v) is 8.54. The van der Waals surface area contributed by atoms with Crippen LogP contribution < -0.4 is 11.3 Å². The van der Waals surface area contributed by atoms with Gasteiger partial charge in [0.2, 0.25) is 0 Å². The summed E-state index contributed by atoms with van der Waals surface area (Å²) in [4.78, 5) is 4.36. The van der Waals surface area contributed by atoms with E-state index in [2.05, 4.69) is 26.3 Å². The van der Waals surface area contributed by atoms with Gasteiger partial charge in [0, 0.05) is 0 Å². The molecule has 5 heteroatoms. The molecule has 1 aliphatic carbocycles. The number of furan rings is 1. The summed E-state index contributed by atoms with van der Waals surface area (Å²) in [7, 11) is 0. The average molecular weight is 244 g/mol. The van der Waals surface area contributed by atoms with E-state index >= 15 is 0 Å². The molecule has 0 aromatic carbocycles. The van der Waals surface area contributed by atoms with Crippen LogP contribution in [0.2, 0.25) is 0 Å². The van der Waals surface area contributed by atoms with Crippen LogP contribution in [0.3, 0.4) is 0 Å². The third-order valence-corrected chi connectivity index (χ3v) is 2.23. The highest BCUT2D eigenvalue weighted by atomic mass is 79.9. The summed E-state index contributed by atoms with van der Waals surface area (Å²) in [5, 5.41) is 0. The second-order valence-electron chi connectivity index (χ2n) is 2.96. The van der Waals surface area contributed by atoms with Crippen molar-refractivity contribution in [2.45, 2.75) is 18.9 Å². The number of halogens is 1. The lowest BCUT2D eigenvalue weighted by molar-refractivity contribution is 0.528. The molecule has 1 saturated carbocycles. The summed E-state index contributed by atoms with van der Waals surface area (Å²) < 4.78 is 5.99. The van der Waals surface area contributed by atoms with Crippen molar-refractivity contribution in [3.63, 3.8) is 0 Å². The van der Waals surface area contributed by atoms with E-state index in [0.29, 0.717) is 22.3 Å². The van der Waals surface area contributed by atoms with E-state index in [1.807, 2.05) is 12.1 Å². The van der Waals surface area contributed by atoms with Gasteiger partial charge in [0.1, 0.15) is 0 Å². The first-order valence-electron chi connectivity index (χ1n) is 4.09. The first-order valence-corrected chi connectivity index (χ1v) is 4.89. The third kappa shape index (κ3) is 2.10. The van der Waals surface area contributed by atoms with Crippen LogP contribution in [0, 0.1) is 0 Å². The summed E-state index contributed by atoms with van der Waals surface area (Å²) in [5.74, 6) is 6.62. The van der Waals surface area contributed by atoms with Crippen molar-refractivity contribution in [1.82, 2.24) is 5.43 Å². The number of nitrogens with one attached hydrogen (secondary N) is 1. The summed E-state index contributed by atoms with van der Waals surface area (Å²) in [6.07, 6.45) is 2.29. The summed E-state index contributed by atoms with van der Waals surface area (Å²) in [6, 6.07) is 4.06. The molecule has 1 heterocycles. The second-order valence-corrected chi connectivity index (χ2v) is 3.74. The van der Waals surface area contributed by atoms with Crippen LogP contribution in [-0.4, -0.2) is 11.9 Å². The Kier molecular flexibility index (Phi) is 2.37. The number of rotatable bonds is 2. The highest BCUT2D eigenvalue weighted by Gasteiger charge is 2.22. The molecular formula is C8H10BrN3O. The van der Waals surface area contributed by atoms with Gasteiger partial charge in [-0.2, -0.15) is 0 Å². The number of nitrogens with zero attached hydrogens (tertiary/aromatic N) is 1. The number of amidine groups is 1. The molecule has 0 saturated heterocycles. The van der Waals surface area contributed by atoms with Crippen molar-refractivity contribution < 1.29 is 4.42 Å². The molecule has 1 fully saturated rings. The molecule has 0 spiro atoms. The van der Waals surface area contributed by atoms with Crippen LogP contribution in [0.25, 0.3) is 0 Å². The molecule has 4 nitrogen and oxygen atoms in total. The molecule has 1 aliphatic rings. The predicted octanol–water partition coefficient (Wildman–Crippen LogP) is 1.41. The Bertz CT molecular complexity index is 330. The maximum absolute atomic E-state index is 5.33. The lowest BCUT2D eigenvalue weighted by atomic mass is 10.4. The van der Waals surface area contributed by atoms with Gasteiger partial charge in [-0.25, -0.2) is 5.84 Å². The van der Waals surface area contributed by atoms with Crippen LogP contribution in [0.1, 0.15) is 18.6 Å². The molecule has 0 amide bonds. The fraction of sp³-hybridized carbons (Fsp3) is 0.375. The Hall–Kier alpha value is -0.810.